The van der Waals surface area contributed by atoms with Crippen molar-refractivity contribution in [2.75, 3.05) is 40.9 Å². The monoisotopic (exact) mass is 474 g/mol. The zero-order valence-corrected chi connectivity index (χ0v) is 21.1. The number of benzene rings is 1. The Balaban J connectivity index is 2.14. The fourth-order valence-electron chi connectivity index (χ4n) is 3.24. The third-order valence-electron chi connectivity index (χ3n) is 4.98. The highest BCUT2D eigenvalue weighted by Gasteiger charge is 2.31. The molecule has 1 rings (SSSR count). The van der Waals surface area contributed by atoms with Crippen molar-refractivity contribution in [2.24, 2.45) is 0 Å². The van der Waals surface area contributed by atoms with Crippen LogP contribution in [-0.4, -0.2) is 67.5 Å². The first-order valence-corrected chi connectivity index (χ1v) is 12.8. The van der Waals surface area contributed by atoms with E-state index in [4.69, 9.17) is 18.9 Å². The van der Waals surface area contributed by atoms with E-state index in [-0.39, 0.29) is 19.6 Å². The Bertz CT molecular complexity index is 748. The van der Waals surface area contributed by atoms with Gasteiger partial charge in [-0.05, 0) is 49.9 Å². The van der Waals surface area contributed by atoms with Crippen LogP contribution in [0.25, 0.3) is 0 Å². The topological polar surface area (TPSA) is 102 Å². The molecular formula is C23H41NO7P+. The number of nitrogens with zero attached hydrogens (tertiary/aromatic N) is 1. The molecule has 2 unspecified atom stereocenters. The summed E-state index contributed by atoms with van der Waals surface area (Å²) in [5.41, 5.74) is 2.49. The van der Waals surface area contributed by atoms with Crippen LogP contribution in [0.3, 0.4) is 0 Å². The number of phosphoric ester groups is 1. The first-order chi connectivity index (χ1) is 14.9. The number of hydrogen-bond acceptors (Lipinski definition) is 5. The first-order valence-electron chi connectivity index (χ1n) is 11.3. The van der Waals surface area contributed by atoms with Crippen LogP contribution in [0, 0.1) is 13.8 Å². The van der Waals surface area contributed by atoms with Gasteiger partial charge in [0.25, 0.3) is 0 Å². The molecule has 0 saturated carbocycles. The lowest BCUT2D eigenvalue weighted by Gasteiger charge is -2.29. The van der Waals surface area contributed by atoms with Crippen LogP contribution in [0.15, 0.2) is 18.2 Å². The SMILES string of the molecule is Cc1ccc(OCCCCCCCCOP(=O)(O)OC(CC(=O)O)C[N+](C)(C)C)cc1C. The first kappa shape index (κ1) is 28.6. The maximum atomic E-state index is 12.2. The molecule has 0 amide bonds. The van der Waals surface area contributed by atoms with E-state index < -0.39 is 19.9 Å². The van der Waals surface area contributed by atoms with Crippen LogP contribution >= 0.6 is 7.82 Å². The Morgan fingerprint density at radius 1 is 1.00 bits per heavy atom. The largest absolute Gasteiger partial charge is 0.494 e. The van der Waals surface area contributed by atoms with Crippen molar-refractivity contribution < 1.29 is 37.6 Å². The minimum absolute atomic E-state index is 0.105. The van der Waals surface area contributed by atoms with Crippen LogP contribution in [0.5, 0.6) is 5.75 Å². The number of carboxylic acids is 1. The molecule has 0 bridgehead atoms. The van der Waals surface area contributed by atoms with Gasteiger partial charge in [-0.2, -0.15) is 0 Å². The fourth-order valence-corrected chi connectivity index (χ4v) is 4.18. The molecule has 8 nitrogen and oxygen atoms in total. The van der Waals surface area contributed by atoms with Crippen molar-refractivity contribution in [2.45, 2.75) is 64.9 Å². The zero-order valence-electron chi connectivity index (χ0n) is 20.2. The van der Waals surface area contributed by atoms with Gasteiger partial charge in [0.2, 0.25) is 0 Å². The van der Waals surface area contributed by atoms with Crippen molar-refractivity contribution in [3.63, 3.8) is 0 Å². The molecule has 0 aromatic heterocycles. The van der Waals surface area contributed by atoms with Crippen molar-refractivity contribution in [1.82, 2.24) is 0 Å². The molecule has 1 aromatic rings. The predicted octanol–water partition coefficient (Wildman–Crippen LogP) is 4.71. The van der Waals surface area contributed by atoms with Gasteiger partial charge in [0.1, 0.15) is 18.4 Å². The second kappa shape index (κ2) is 14.0. The molecule has 0 aliphatic rings. The van der Waals surface area contributed by atoms with E-state index in [2.05, 4.69) is 26.0 Å². The highest BCUT2D eigenvalue weighted by atomic mass is 31.2. The average molecular weight is 475 g/mol. The normalized spacial score (nSPS) is 14.7. The second-order valence-corrected chi connectivity index (χ2v) is 10.7. The van der Waals surface area contributed by atoms with E-state index in [1.165, 1.54) is 11.1 Å². The second-order valence-electron chi connectivity index (χ2n) is 9.32. The maximum absolute atomic E-state index is 12.2. The van der Waals surface area contributed by atoms with Crippen molar-refractivity contribution in [1.29, 1.82) is 0 Å². The summed E-state index contributed by atoms with van der Waals surface area (Å²) >= 11 is 0. The van der Waals surface area contributed by atoms with E-state index in [1.807, 2.05) is 27.2 Å². The average Bonchev–Trinajstić information content (AvgIpc) is 2.63. The lowest BCUT2D eigenvalue weighted by molar-refractivity contribution is -0.873. The summed E-state index contributed by atoms with van der Waals surface area (Å²) in [6, 6.07) is 6.13. The Morgan fingerprint density at radius 3 is 2.16 bits per heavy atom. The number of quaternary nitrogens is 1. The summed E-state index contributed by atoms with van der Waals surface area (Å²) in [6.07, 6.45) is 4.41. The summed E-state index contributed by atoms with van der Waals surface area (Å²) in [7, 11) is 1.29. The van der Waals surface area contributed by atoms with Gasteiger partial charge in [-0.3, -0.25) is 13.8 Å². The number of unbranched alkanes of at least 4 members (excludes halogenated alkanes) is 5. The molecule has 0 fully saturated rings. The van der Waals surface area contributed by atoms with E-state index >= 15 is 0 Å². The molecule has 2 N–H and O–H groups in total. The number of likely N-dealkylation sites (N-methyl/N-ethyl adjacent to an activating group) is 1. The minimum atomic E-state index is -4.29. The van der Waals surface area contributed by atoms with Gasteiger partial charge in [-0.1, -0.05) is 31.7 Å². The highest BCUT2D eigenvalue weighted by Crippen LogP contribution is 2.45. The van der Waals surface area contributed by atoms with Crippen molar-refractivity contribution >= 4 is 13.8 Å². The van der Waals surface area contributed by atoms with Gasteiger partial charge >= 0.3 is 13.8 Å². The number of aliphatic carboxylic acids is 1. The number of phosphoric acid groups is 1. The van der Waals surface area contributed by atoms with Crippen LogP contribution in [-0.2, 0) is 18.4 Å². The summed E-state index contributed by atoms with van der Waals surface area (Å²) < 4.78 is 28.5. The third-order valence-corrected chi connectivity index (χ3v) is 6.05. The molecule has 0 radical (unpaired) electrons. The van der Waals surface area contributed by atoms with E-state index in [1.54, 1.807) is 0 Å². The molecule has 0 heterocycles. The molecule has 0 spiro atoms. The lowest BCUT2D eigenvalue weighted by atomic mass is 10.1. The Kier molecular flexibility index (Phi) is 12.5. The maximum Gasteiger partial charge on any atom is 0.472 e. The van der Waals surface area contributed by atoms with Crippen LogP contribution in [0.4, 0.5) is 0 Å². The molecular weight excluding hydrogens is 433 g/mol. The smallest absolute Gasteiger partial charge is 0.472 e. The Hall–Kier alpha value is -1.44. The lowest BCUT2D eigenvalue weighted by Crippen LogP contribution is -2.42. The molecule has 32 heavy (non-hydrogen) atoms. The summed E-state index contributed by atoms with van der Waals surface area (Å²) in [4.78, 5) is 20.9. The Labute approximate surface area is 192 Å². The predicted molar refractivity (Wildman–Crippen MR) is 125 cm³/mol. The number of hydrogen-bond donors (Lipinski definition) is 2. The standard InChI is InChI=1S/C23H40NO7P/c1-19-12-13-21(16-20(19)2)29-14-10-8-6-7-9-11-15-30-32(27,28)31-22(17-23(25)26)18-24(3,4)5/h12-13,16,22H,6-11,14-15,17-18H2,1-5H3,(H-,25,26,27,28)/p+1. The molecule has 0 aliphatic carbocycles. The minimum Gasteiger partial charge on any atom is -0.494 e. The molecule has 0 aliphatic heterocycles. The van der Waals surface area contributed by atoms with Gasteiger partial charge in [-0.25, -0.2) is 4.57 Å². The quantitative estimate of drug-likeness (QED) is 0.192. The van der Waals surface area contributed by atoms with Crippen LogP contribution < -0.4 is 4.74 Å². The van der Waals surface area contributed by atoms with Gasteiger partial charge in [0, 0.05) is 0 Å². The Morgan fingerprint density at radius 2 is 1.59 bits per heavy atom. The van der Waals surface area contributed by atoms with Gasteiger partial charge in [0.05, 0.1) is 40.8 Å². The van der Waals surface area contributed by atoms with Crippen LogP contribution in [0.2, 0.25) is 0 Å². The molecule has 0 saturated heterocycles. The van der Waals surface area contributed by atoms with E-state index in [0.717, 1.165) is 37.9 Å². The number of carboxylic acid groups (broad SMARTS) is 1. The van der Waals surface area contributed by atoms with E-state index in [0.29, 0.717) is 17.5 Å². The third kappa shape index (κ3) is 13.9. The fraction of sp³-hybridized carbons (Fsp3) is 0.696. The van der Waals surface area contributed by atoms with Gasteiger partial charge < -0.3 is 19.2 Å². The zero-order chi connectivity index (χ0) is 24.2. The van der Waals surface area contributed by atoms with Gasteiger partial charge in [0.15, 0.2) is 0 Å². The summed E-state index contributed by atoms with van der Waals surface area (Å²) in [5.74, 6) is -0.171. The number of aryl methyl sites for hydroxylation is 2. The summed E-state index contributed by atoms with van der Waals surface area (Å²) in [6.45, 7) is 5.25. The number of ether oxygens (including phenoxy) is 1. The number of rotatable bonds is 17. The number of carbonyl (C=O) groups is 1. The summed E-state index contributed by atoms with van der Waals surface area (Å²) in [5, 5.41) is 9.00. The molecule has 9 heteroatoms. The van der Waals surface area contributed by atoms with Crippen LogP contribution in [0.1, 0.15) is 56.1 Å². The van der Waals surface area contributed by atoms with E-state index in [9.17, 15) is 14.3 Å². The van der Waals surface area contributed by atoms with Crippen molar-refractivity contribution in [3.8, 4) is 5.75 Å². The molecule has 184 valence electrons. The van der Waals surface area contributed by atoms with Gasteiger partial charge in [-0.15, -0.1) is 0 Å². The molecule has 2 atom stereocenters. The highest BCUT2D eigenvalue weighted by molar-refractivity contribution is 7.47. The molecule has 1 aromatic carbocycles. The van der Waals surface area contributed by atoms with Crippen molar-refractivity contribution in [3.05, 3.63) is 29.3 Å².